The normalized spacial score (nSPS) is 8.19. The Morgan fingerprint density at radius 3 is 1.53 bits per heavy atom. The predicted octanol–water partition coefficient (Wildman–Crippen LogP) is 7.73. The fourth-order valence-electron chi connectivity index (χ4n) is 2.36. The summed E-state index contributed by atoms with van der Waals surface area (Å²) in [5, 5.41) is 10.7. The lowest BCUT2D eigenvalue weighted by atomic mass is 10.2. The summed E-state index contributed by atoms with van der Waals surface area (Å²) in [7, 11) is 3.48. The second-order valence-corrected chi connectivity index (χ2v) is 6.26. The van der Waals surface area contributed by atoms with Crippen LogP contribution in [-0.4, -0.2) is 14.2 Å². The topological polar surface area (TPSA) is 64.2 Å². The van der Waals surface area contributed by atoms with E-state index in [0.717, 1.165) is 16.3 Å². The molecule has 5 heteroatoms. The summed E-state index contributed by atoms with van der Waals surface area (Å²) in [6, 6.07) is 21.9. The van der Waals surface area contributed by atoms with Crippen molar-refractivity contribution in [2.45, 2.75) is 62.3 Å². The van der Waals surface area contributed by atoms with E-state index in [0.29, 0.717) is 5.75 Å². The van der Waals surface area contributed by atoms with E-state index in [1.54, 1.807) is 43.2 Å². The molecule has 0 saturated carbocycles. The monoisotopic (exact) mass is 496 g/mol. The molecule has 0 saturated heterocycles. The number of para-hydroxylation sites is 1. The van der Waals surface area contributed by atoms with Crippen LogP contribution in [0.5, 0.6) is 5.75 Å². The molecule has 4 rings (SSSR count). The minimum absolute atomic E-state index is 0.0347. The lowest BCUT2D eigenvalue weighted by Crippen LogP contribution is -2.15. The molecule has 2 heterocycles. The quantitative estimate of drug-likeness (QED) is 0.271. The third kappa shape index (κ3) is 14.6. The molecule has 0 amide bonds. The van der Waals surface area contributed by atoms with Crippen LogP contribution < -0.4 is 11.1 Å². The zero-order valence-corrected chi connectivity index (χ0v) is 24.2. The summed E-state index contributed by atoms with van der Waals surface area (Å²) in [5.74, 6) is 0.368. The number of aryl methyl sites for hydroxylation is 3. The van der Waals surface area contributed by atoms with E-state index in [-0.39, 0.29) is 11.1 Å². The van der Waals surface area contributed by atoms with E-state index in [1.165, 1.54) is 10.6 Å². The number of aromatic hydroxyl groups is 1. The van der Waals surface area contributed by atoms with E-state index in [4.69, 9.17) is 5.11 Å². The molecule has 0 unspecified atom stereocenters. The smallest absolute Gasteiger partial charge is 0.258 e. The van der Waals surface area contributed by atoms with Crippen LogP contribution in [0.25, 0.3) is 10.8 Å². The molecule has 5 nitrogen and oxygen atoms in total. The molecule has 4 aromatic rings. The van der Waals surface area contributed by atoms with E-state index in [1.807, 2.05) is 117 Å². The number of benzene rings is 2. The molecule has 0 radical (unpaired) electrons. The van der Waals surface area contributed by atoms with Crippen LogP contribution >= 0.6 is 0 Å². The van der Waals surface area contributed by atoms with Crippen molar-refractivity contribution in [3.63, 3.8) is 0 Å². The lowest BCUT2D eigenvalue weighted by Gasteiger charge is -1.98. The summed E-state index contributed by atoms with van der Waals surface area (Å²) < 4.78 is 3.11. The summed E-state index contributed by atoms with van der Waals surface area (Å²) >= 11 is 0. The third-order valence-electron chi connectivity index (χ3n) is 4.11. The zero-order chi connectivity index (χ0) is 28.5. The minimum atomic E-state index is 0.0347. The van der Waals surface area contributed by atoms with Gasteiger partial charge < -0.3 is 14.2 Å². The van der Waals surface area contributed by atoms with Gasteiger partial charge in [-0.25, -0.2) is 0 Å². The second-order valence-electron chi connectivity index (χ2n) is 6.26. The van der Waals surface area contributed by atoms with Gasteiger partial charge in [0, 0.05) is 37.9 Å². The van der Waals surface area contributed by atoms with Crippen LogP contribution in [0, 0.1) is 6.92 Å². The van der Waals surface area contributed by atoms with Crippen LogP contribution in [0.1, 0.15) is 61.0 Å². The number of phenols is 1. The molecular weight excluding hydrogens is 448 g/mol. The molecule has 36 heavy (non-hydrogen) atoms. The third-order valence-corrected chi connectivity index (χ3v) is 4.11. The maximum absolute atomic E-state index is 11.5. The molecule has 0 atom stereocenters. The van der Waals surface area contributed by atoms with Gasteiger partial charge in [0.1, 0.15) is 5.75 Å². The summed E-state index contributed by atoms with van der Waals surface area (Å²) in [6.07, 6.45) is 3.51. The molecule has 2 aromatic heterocycles. The van der Waals surface area contributed by atoms with Crippen molar-refractivity contribution in [2.75, 3.05) is 0 Å². The van der Waals surface area contributed by atoms with E-state index in [2.05, 4.69) is 0 Å². The van der Waals surface area contributed by atoms with Crippen LogP contribution in [0.15, 0.2) is 94.8 Å². The Kier molecular flexibility index (Phi) is 25.2. The first-order valence-corrected chi connectivity index (χ1v) is 12.8. The van der Waals surface area contributed by atoms with Crippen LogP contribution in [0.3, 0.4) is 0 Å². The lowest BCUT2D eigenvalue weighted by molar-refractivity contribution is 0.471. The molecular formula is C31H48N2O3. The molecule has 0 aliphatic carbocycles. The SMILES string of the molecule is CC.CC.CC.CC.Cc1ccccc1O.Cn1ccc2ccccc2c1=O.Cn1ccccc1=O. The fourth-order valence-corrected chi connectivity index (χ4v) is 2.36. The van der Waals surface area contributed by atoms with Crippen molar-refractivity contribution in [2.24, 2.45) is 14.1 Å². The Bertz CT molecular complexity index is 1140. The standard InChI is InChI=1S/C10H9NO.C7H8O.C6H7NO.4C2H6/c1-11-7-6-8-4-2-3-5-9(8)10(11)12;1-6-4-2-3-5-7(6)8;1-7-5-3-2-4-6(7)8;4*1-2/h2-7H,1H3;2-5,8H,1H3;2-5H,1H3;4*1-2H3. The van der Waals surface area contributed by atoms with Gasteiger partial charge >= 0.3 is 0 Å². The average Bonchev–Trinajstić information content (AvgIpc) is 2.95. The molecule has 2 aromatic carbocycles. The number of fused-ring (bicyclic) bond motifs is 1. The number of rotatable bonds is 0. The first-order valence-electron chi connectivity index (χ1n) is 12.8. The highest BCUT2D eigenvalue weighted by Gasteiger charge is 1.96. The van der Waals surface area contributed by atoms with Crippen LogP contribution in [-0.2, 0) is 14.1 Å². The van der Waals surface area contributed by atoms with Gasteiger partial charge in [-0.15, -0.1) is 0 Å². The first-order chi connectivity index (χ1) is 17.4. The summed E-state index contributed by atoms with van der Waals surface area (Å²) in [6.45, 7) is 17.9. The molecule has 0 bridgehead atoms. The van der Waals surface area contributed by atoms with Gasteiger partial charge in [-0.1, -0.05) is 97.9 Å². The van der Waals surface area contributed by atoms with Crippen LogP contribution in [0.4, 0.5) is 0 Å². The van der Waals surface area contributed by atoms with Gasteiger partial charge in [-0.2, -0.15) is 0 Å². The van der Waals surface area contributed by atoms with Crippen molar-refractivity contribution in [3.05, 3.63) is 111 Å². The van der Waals surface area contributed by atoms with Gasteiger partial charge in [-0.05, 0) is 42.1 Å². The average molecular weight is 497 g/mol. The van der Waals surface area contributed by atoms with Gasteiger partial charge in [0.15, 0.2) is 0 Å². The minimum Gasteiger partial charge on any atom is -0.508 e. The highest BCUT2D eigenvalue weighted by atomic mass is 16.3. The van der Waals surface area contributed by atoms with Crippen molar-refractivity contribution in [3.8, 4) is 5.75 Å². The Balaban J connectivity index is -0.000000406. The molecule has 0 spiro atoms. The van der Waals surface area contributed by atoms with Crippen LogP contribution in [0.2, 0.25) is 0 Å². The Morgan fingerprint density at radius 2 is 1.08 bits per heavy atom. The first kappa shape index (κ1) is 37.0. The molecule has 0 fully saturated rings. The van der Waals surface area contributed by atoms with Crippen molar-refractivity contribution in [1.29, 1.82) is 0 Å². The van der Waals surface area contributed by atoms with E-state index < -0.39 is 0 Å². The number of aromatic nitrogens is 2. The molecule has 200 valence electrons. The van der Waals surface area contributed by atoms with Gasteiger partial charge in [0.2, 0.25) is 5.56 Å². The second kappa shape index (κ2) is 24.5. The van der Waals surface area contributed by atoms with Gasteiger partial charge in [-0.3, -0.25) is 9.59 Å². The highest BCUT2D eigenvalue weighted by Crippen LogP contribution is 2.12. The largest absolute Gasteiger partial charge is 0.508 e. The van der Waals surface area contributed by atoms with E-state index >= 15 is 0 Å². The summed E-state index contributed by atoms with van der Waals surface area (Å²) in [5.41, 5.74) is 1.02. The summed E-state index contributed by atoms with van der Waals surface area (Å²) in [4.78, 5) is 22.1. The van der Waals surface area contributed by atoms with Crippen molar-refractivity contribution in [1.82, 2.24) is 9.13 Å². The Hall–Kier alpha value is -3.60. The zero-order valence-electron chi connectivity index (χ0n) is 24.2. The predicted molar refractivity (Wildman–Crippen MR) is 159 cm³/mol. The van der Waals surface area contributed by atoms with Gasteiger partial charge in [0.05, 0.1) is 0 Å². The number of phenolic OH excluding ortho intramolecular Hbond substituents is 1. The molecule has 0 aliphatic heterocycles. The Morgan fingerprint density at radius 1 is 0.583 bits per heavy atom. The van der Waals surface area contributed by atoms with Gasteiger partial charge in [0.25, 0.3) is 5.56 Å². The number of hydrogen-bond donors (Lipinski definition) is 1. The van der Waals surface area contributed by atoms with Crippen molar-refractivity contribution >= 4 is 10.8 Å². The van der Waals surface area contributed by atoms with E-state index in [9.17, 15) is 9.59 Å². The highest BCUT2D eigenvalue weighted by molar-refractivity contribution is 5.81. The fraction of sp³-hybridized carbons (Fsp3) is 0.355. The molecule has 0 aliphatic rings. The molecule has 1 N–H and O–H groups in total. The Labute approximate surface area is 218 Å². The number of nitrogens with zero attached hydrogens (tertiary/aromatic N) is 2. The maximum atomic E-state index is 11.5. The number of hydrogen-bond acceptors (Lipinski definition) is 3. The number of pyridine rings is 2. The van der Waals surface area contributed by atoms with Crippen molar-refractivity contribution < 1.29 is 5.11 Å². The maximum Gasteiger partial charge on any atom is 0.258 e.